The summed E-state index contributed by atoms with van der Waals surface area (Å²) in [7, 11) is 1.64. The van der Waals surface area contributed by atoms with E-state index in [0.717, 1.165) is 56.4 Å². The van der Waals surface area contributed by atoms with Crippen LogP contribution in [0.5, 0.6) is 0 Å². The van der Waals surface area contributed by atoms with Gasteiger partial charge in [0.15, 0.2) is 5.96 Å². The number of carbonyl (C=O) groups excluding carboxylic acids is 1. The molecule has 0 radical (unpaired) electrons. The van der Waals surface area contributed by atoms with Crippen LogP contribution >= 0.6 is 24.0 Å². The van der Waals surface area contributed by atoms with Crippen LogP contribution < -0.4 is 15.5 Å². The summed E-state index contributed by atoms with van der Waals surface area (Å²) in [6.45, 7) is 6.97. The van der Waals surface area contributed by atoms with Gasteiger partial charge >= 0.3 is 0 Å². The van der Waals surface area contributed by atoms with Gasteiger partial charge in [-0.3, -0.25) is 9.79 Å². The number of nitrogens with one attached hydrogen (secondary N) is 2. The molecule has 0 atom stereocenters. The number of halogens is 2. The second-order valence-corrected chi connectivity index (χ2v) is 7.22. The lowest BCUT2D eigenvalue weighted by Gasteiger charge is -2.37. The molecular weight excluding hydrogens is 508 g/mol. The first-order valence-electron chi connectivity index (χ1n) is 10.5. The SMILES string of the molecule is CCNC(=NCCc1cccc(C(=O)NC)c1)N1CCN(c2ccc(F)cc2)CC1.I. The van der Waals surface area contributed by atoms with E-state index in [2.05, 4.69) is 27.4 Å². The fraction of sp³-hybridized carbons (Fsp3) is 0.391. The Labute approximate surface area is 200 Å². The van der Waals surface area contributed by atoms with Crippen molar-refractivity contribution in [3.8, 4) is 0 Å². The predicted octanol–water partition coefficient (Wildman–Crippen LogP) is 3.13. The van der Waals surface area contributed by atoms with Crippen LogP contribution in [0.4, 0.5) is 10.1 Å². The average Bonchev–Trinajstić information content (AvgIpc) is 2.79. The fourth-order valence-electron chi connectivity index (χ4n) is 3.56. The van der Waals surface area contributed by atoms with Crippen LogP contribution in [-0.2, 0) is 6.42 Å². The molecule has 1 heterocycles. The molecule has 2 aromatic carbocycles. The van der Waals surface area contributed by atoms with Crippen LogP contribution in [0.2, 0.25) is 0 Å². The van der Waals surface area contributed by atoms with Crippen LogP contribution in [0, 0.1) is 5.82 Å². The Morgan fingerprint density at radius 1 is 1.10 bits per heavy atom. The number of rotatable bonds is 6. The monoisotopic (exact) mass is 539 g/mol. The topological polar surface area (TPSA) is 60.0 Å². The smallest absolute Gasteiger partial charge is 0.251 e. The van der Waals surface area contributed by atoms with Gasteiger partial charge in [0.2, 0.25) is 0 Å². The first kappa shape index (κ1) is 24.9. The Morgan fingerprint density at radius 2 is 1.81 bits per heavy atom. The molecule has 2 N–H and O–H groups in total. The van der Waals surface area contributed by atoms with Crippen molar-refractivity contribution < 1.29 is 9.18 Å². The maximum atomic E-state index is 13.2. The van der Waals surface area contributed by atoms with Crippen molar-refractivity contribution in [2.75, 3.05) is 51.2 Å². The highest BCUT2D eigenvalue weighted by Crippen LogP contribution is 2.17. The van der Waals surface area contributed by atoms with Gasteiger partial charge in [0.05, 0.1) is 0 Å². The van der Waals surface area contributed by atoms with E-state index >= 15 is 0 Å². The second-order valence-electron chi connectivity index (χ2n) is 7.22. The van der Waals surface area contributed by atoms with Crippen molar-refractivity contribution >= 4 is 41.5 Å². The summed E-state index contributed by atoms with van der Waals surface area (Å²) in [5.41, 5.74) is 2.81. The van der Waals surface area contributed by atoms with E-state index in [1.54, 1.807) is 7.05 Å². The summed E-state index contributed by atoms with van der Waals surface area (Å²) in [5.74, 6) is 0.631. The van der Waals surface area contributed by atoms with Crippen molar-refractivity contribution in [2.24, 2.45) is 4.99 Å². The zero-order chi connectivity index (χ0) is 21.3. The average molecular weight is 539 g/mol. The summed E-state index contributed by atoms with van der Waals surface area (Å²) in [4.78, 5) is 21.1. The molecule has 0 saturated carbocycles. The highest BCUT2D eigenvalue weighted by Gasteiger charge is 2.19. The third-order valence-electron chi connectivity index (χ3n) is 5.18. The maximum Gasteiger partial charge on any atom is 0.251 e. The third kappa shape index (κ3) is 7.09. The van der Waals surface area contributed by atoms with Gasteiger partial charge in [-0.15, -0.1) is 24.0 Å². The number of hydrogen-bond donors (Lipinski definition) is 2. The Balaban J connectivity index is 0.00000341. The summed E-state index contributed by atoms with van der Waals surface area (Å²) in [6, 6.07) is 14.3. The number of carbonyl (C=O) groups is 1. The molecule has 31 heavy (non-hydrogen) atoms. The lowest BCUT2D eigenvalue weighted by atomic mass is 10.1. The van der Waals surface area contributed by atoms with Gasteiger partial charge < -0.3 is 20.4 Å². The van der Waals surface area contributed by atoms with Gasteiger partial charge in [-0.05, 0) is 55.3 Å². The van der Waals surface area contributed by atoms with Gasteiger partial charge in [0.1, 0.15) is 5.82 Å². The Kier molecular flexibility index (Phi) is 10.0. The van der Waals surface area contributed by atoms with Crippen molar-refractivity contribution in [1.82, 2.24) is 15.5 Å². The molecule has 1 fully saturated rings. The van der Waals surface area contributed by atoms with Crippen molar-refractivity contribution in [2.45, 2.75) is 13.3 Å². The minimum Gasteiger partial charge on any atom is -0.368 e. The van der Waals surface area contributed by atoms with E-state index in [0.29, 0.717) is 12.1 Å². The molecule has 1 amide bonds. The summed E-state index contributed by atoms with van der Waals surface area (Å²) >= 11 is 0. The van der Waals surface area contributed by atoms with Crippen LogP contribution in [-0.4, -0.2) is 63.1 Å². The number of benzene rings is 2. The molecule has 6 nitrogen and oxygen atoms in total. The van der Waals surface area contributed by atoms with E-state index in [9.17, 15) is 9.18 Å². The Bertz CT molecular complexity index is 867. The quantitative estimate of drug-likeness (QED) is 0.337. The molecule has 1 aliphatic rings. The minimum atomic E-state index is -0.209. The molecule has 0 aliphatic carbocycles. The standard InChI is InChI=1S/C23H30FN5O.HI/c1-3-26-23(27-12-11-18-5-4-6-19(17-18)22(30)25-2)29-15-13-28(14-16-29)21-9-7-20(24)8-10-21;/h4-10,17H,3,11-16H2,1-2H3,(H,25,30)(H,26,27);1H. The van der Waals surface area contributed by atoms with Gasteiger partial charge in [-0.1, -0.05) is 12.1 Å². The molecule has 168 valence electrons. The molecule has 0 bridgehead atoms. The van der Waals surface area contributed by atoms with E-state index in [4.69, 9.17) is 4.99 Å². The number of nitrogens with zero attached hydrogens (tertiary/aromatic N) is 3. The number of anilines is 1. The predicted molar refractivity (Wildman–Crippen MR) is 135 cm³/mol. The molecule has 8 heteroatoms. The van der Waals surface area contributed by atoms with E-state index < -0.39 is 0 Å². The molecule has 2 aromatic rings. The van der Waals surface area contributed by atoms with Gasteiger partial charge in [-0.25, -0.2) is 4.39 Å². The summed E-state index contributed by atoms with van der Waals surface area (Å²) in [5, 5.41) is 6.04. The van der Waals surface area contributed by atoms with Gasteiger partial charge in [0.25, 0.3) is 5.91 Å². The number of hydrogen-bond acceptors (Lipinski definition) is 3. The number of piperazine rings is 1. The lowest BCUT2D eigenvalue weighted by molar-refractivity contribution is 0.0963. The highest BCUT2D eigenvalue weighted by atomic mass is 127. The summed E-state index contributed by atoms with van der Waals surface area (Å²) < 4.78 is 13.2. The molecule has 0 unspecified atom stereocenters. The zero-order valence-corrected chi connectivity index (χ0v) is 20.4. The zero-order valence-electron chi connectivity index (χ0n) is 18.1. The molecule has 0 spiro atoms. The normalized spacial score (nSPS) is 14.1. The molecule has 0 aromatic heterocycles. The first-order chi connectivity index (χ1) is 14.6. The van der Waals surface area contributed by atoms with Crippen molar-refractivity contribution in [1.29, 1.82) is 0 Å². The van der Waals surface area contributed by atoms with Crippen molar-refractivity contribution in [3.63, 3.8) is 0 Å². The maximum absolute atomic E-state index is 13.2. The van der Waals surface area contributed by atoms with Crippen LogP contribution in [0.1, 0.15) is 22.8 Å². The first-order valence-corrected chi connectivity index (χ1v) is 10.5. The largest absolute Gasteiger partial charge is 0.368 e. The Hall–Kier alpha value is -2.36. The molecule has 1 saturated heterocycles. The van der Waals surface area contributed by atoms with Crippen LogP contribution in [0.25, 0.3) is 0 Å². The second kappa shape index (κ2) is 12.5. The van der Waals surface area contributed by atoms with E-state index in [1.807, 2.05) is 36.4 Å². The highest BCUT2D eigenvalue weighted by molar-refractivity contribution is 14.0. The van der Waals surface area contributed by atoms with Crippen molar-refractivity contribution in [3.05, 3.63) is 65.5 Å². The van der Waals surface area contributed by atoms with Crippen LogP contribution in [0.3, 0.4) is 0 Å². The molecule has 1 aliphatic heterocycles. The minimum absolute atomic E-state index is 0. The Morgan fingerprint density at radius 3 is 2.45 bits per heavy atom. The number of amides is 1. The van der Waals surface area contributed by atoms with Gasteiger partial charge in [0, 0.05) is 57.6 Å². The fourth-order valence-corrected chi connectivity index (χ4v) is 3.56. The number of guanidine groups is 1. The van der Waals surface area contributed by atoms with Crippen LogP contribution in [0.15, 0.2) is 53.5 Å². The third-order valence-corrected chi connectivity index (χ3v) is 5.18. The molecule has 3 rings (SSSR count). The lowest BCUT2D eigenvalue weighted by Crippen LogP contribution is -2.52. The molecular formula is C23H31FIN5O. The van der Waals surface area contributed by atoms with E-state index in [1.165, 1.54) is 12.1 Å². The summed E-state index contributed by atoms with van der Waals surface area (Å²) in [6.07, 6.45) is 0.773. The number of aliphatic imine (C=N–C) groups is 1. The van der Waals surface area contributed by atoms with Gasteiger partial charge in [-0.2, -0.15) is 0 Å². The van der Waals surface area contributed by atoms with E-state index in [-0.39, 0.29) is 35.7 Å².